The third-order valence-electron chi connectivity index (χ3n) is 6.27. The van der Waals surface area contributed by atoms with Crippen LogP contribution in [0.5, 0.6) is 0 Å². The van der Waals surface area contributed by atoms with Gasteiger partial charge in [-0.25, -0.2) is 9.59 Å². The number of halogens is 1. The lowest BCUT2D eigenvalue weighted by Gasteiger charge is -2.30. The molecule has 0 aliphatic carbocycles. The molecule has 2 rings (SSSR count). The summed E-state index contributed by atoms with van der Waals surface area (Å²) in [5, 5.41) is 16.1. The lowest BCUT2D eigenvalue weighted by Crippen LogP contribution is -2.49. The molecule has 0 aromatic heterocycles. The van der Waals surface area contributed by atoms with E-state index in [1.165, 1.54) is 11.9 Å². The first-order chi connectivity index (χ1) is 16.8. The van der Waals surface area contributed by atoms with Crippen molar-refractivity contribution in [3.05, 3.63) is 34.9 Å². The van der Waals surface area contributed by atoms with Crippen LogP contribution < -0.4 is 10.6 Å². The molecule has 3 atom stereocenters. The van der Waals surface area contributed by atoms with E-state index in [9.17, 15) is 9.59 Å². The van der Waals surface area contributed by atoms with E-state index in [-0.39, 0.29) is 31.3 Å². The van der Waals surface area contributed by atoms with Crippen molar-refractivity contribution in [1.29, 1.82) is 0 Å². The van der Waals surface area contributed by atoms with Crippen molar-refractivity contribution in [2.75, 3.05) is 60.1 Å². The molecule has 0 bridgehead atoms. The van der Waals surface area contributed by atoms with Gasteiger partial charge in [-0.15, -0.1) is 0 Å². The number of ether oxygens (including phenoxy) is 2. The van der Waals surface area contributed by atoms with Gasteiger partial charge in [0.25, 0.3) is 0 Å². The smallest absolute Gasteiger partial charge is 0.407 e. The van der Waals surface area contributed by atoms with Gasteiger partial charge >= 0.3 is 12.1 Å². The normalized spacial score (nSPS) is 17.4. The number of carbonyl (C=O) groups excluding carboxylic acids is 1. The third kappa shape index (κ3) is 10.6. The van der Waals surface area contributed by atoms with Crippen molar-refractivity contribution in [2.24, 2.45) is 5.92 Å². The number of rotatable bonds is 14. The van der Waals surface area contributed by atoms with Crippen LogP contribution in [-0.2, 0) is 9.47 Å². The fourth-order valence-electron chi connectivity index (χ4n) is 4.26. The van der Waals surface area contributed by atoms with Crippen LogP contribution >= 0.6 is 11.6 Å². The van der Waals surface area contributed by atoms with E-state index >= 15 is 0 Å². The van der Waals surface area contributed by atoms with Crippen LogP contribution in [0.3, 0.4) is 0 Å². The Morgan fingerprint density at radius 1 is 1.34 bits per heavy atom. The number of benzene rings is 1. The SMILES string of the molecule is CCN(CC[C@@H](OCCN(C)C(=O)O)c1cccc(Cl)c1)C(=O)N[C@H](CNC)C[C@H]1CCCOC1. The fourth-order valence-corrected chi connectivity index (χ4v) is 4.46. The predicted octanol–water partition coefficient (Wildman–Crippen LogP) is 3.83. The number of nitrogens with one attached hydrogen (secondary N) is 2. The average Bonchev–Trinajstić information content (AvgIpc) is 2.83. The van der Waals surface area contributed by atoms with E-state index in [2.05, 4.69) is 10.6 Å². The molecule has 1 aromatic carbocycles. The van der Waals surface area contributed by atoms with Crippen molar-refractivity contribution < 1.29 is 24.2 Å². The van der Waals surface area contributed by atoms with Crippen LogP contribution in [0, 0.1) is 5.92 Å². The standard InChI is InChI=1S/C25H41ClN4O5/c1-4-30(24(31)28-22(17-27-2)15-19-7-6-13-34-18-19)11-10-23(20-8-5-9-21(26)16-20)35-14-12-29(3)25(32)33/h5,8-9,16,19,22-23,27H,4,6-7,10-15,17-18H2,1-3H3,(H,28,31)(H,32,33)/t19-,22+,23-/m1/s1. The van der Waals surface area contributed by atoms with Gasteiger partial charge in [0.15, 0.2) is 0 Å². The highest BCUT2D eigenvalue weighted by atomic mass is 35.5. The zero-order chi connectivity index (χ0) is 25.6. The van der Waals surface area contributed by atoms with Gasteiger partial charge in [0, 0.05) is 57.5 Å². The molecule has 1 aliphatic rings. The Morgan fingerprint density at radius 2 is 2.14 bits per heavy atom. The molecular weight excluding hydrogens is 472 g/mol. The van der Waals surface area contributed by atoms with Crippen LogP contribution in [0.15, 0.2) is 24.3 Å². The third-order valence-corrected chi connectivity index (χ3v) is 6.51. The lowest BCUT2D eigenvalue weighted by atomic mass is 9.94. The minimum Gasteiger partial charge on any atom is -0.465 e. The molecule has 0 saturated carbocycles. The maximum atomic E-state index is 13.1. The summed E-state index contributed by atoms with van der Waals surface area (Å²) in [5.41, 5.74) is 0.900. The highest BCUT2D eigenvalue weighted by Gasteiger charge is 2.23. The molecule has 0 spiro atoms. The van der Waals surface area contributed by atoms with Gasteiger partial charge in [-0.2, -0.15) is 0 Å². The lowest BCUT2D eigenvalue weighted by molar-refractivity contribution is 0.0308. The average molecular weight is 513 g/mol. The molecule has 1 aliphatic heterocycles. The van der Waals surface area contributed by atoms with Crippen LogP contribution in [-0.4, -0.2) is 93.2 Å². The highest BCUT2D eigenvalue weighted by molar-refractivity contribution is 6.30. The first kappa shape index (κ1) is 29.2. The van der Waals surface area contributed by atoms with Gasteiger partial charge in [-0.3, -0.25) is 0 Å². The summed E-state index contributed by atoms with van der Waals surface area (Å²) >= 11 is 6.19. The number of likely N-dealkylation sites (N-methyl/N-ethyl adjacent to an activating group) is 2. The number of hydrogen-bond donors (Lipinski definition) is 3. The van der Waals surface area contributed by atoms with E-state index in [1.807, 2.05) is 32.2 Å². The first-order valence-corrected chi connectivity index (χ1v) is 12.8. The van der Waals surface area contributed by atoms with Gasteiger partial charge in [-0.1, -0.05) is 23.7 Å². The Balaban J connectivity index is 1.97. The van der Waals surface area contributed by atoms with Crippen LogP contribution in [0.25, 0.3) is 0 Å². The molecule has 3 amide bonds. The molecule has 3 N–H and O–H groups in total. The molecular formula is C25H41ClN4O5. The molecule has 1 heterocycles. The van der Waals surface area contributed by atoms with E-state index in [1.54, 1.807) is 11.0 Å². The summed E-state index contributed by atoms with van der Waals surface area (Å²) in [5.74, 6) is 0.460. The number of carbonyl (C=O) groups is 2. The number of carboxylic acid groups (broad SMARTS) is 1. The maximum absolute atomic E-state index is 13.1. The Morgan fingerprint density at radius 3 is 2.77 bits per heavy atom. The summed E-state index contributed by atoms with van der Waals surface area (Å²) in [7, 11) is 3.40. The molecule has 10 heteroatoms. The largest absolute Gasteiger partial charge is 0.465 e. The number of nitrogens with zero attached hydrogens (tertiary/aromatic N) is 2. The first-order valence-electron chi connectivity index (χ1n) is 12.4. The number of amides is 3. The number of hydrogen-bond acceptors (Lipinski definition) is 5. The Labute approximate surface area is 214 Å². The van der Waals surface area contributed by atoms with Crippen LogP contribution in [0.4, 0.5) is 9.59 Å². The van der Waals surface area contributed by atoms with Crippen molar-refractivity contribution in [2.45, 2.75) is 44.8 Å². The summed E-state index contributed by atoms with van der Waals surface area (Å²) in [6.07, 6.45) is 2.33. The minimum absolute atomic E-state index is 0.0276. The molecule has 0 unspecified atom stereocenters. The second kappa shape index (κ2) is 15.8. The van der Waals surface area contributed by atoms with E-state index < -0.39 is 6.09 Å². The van der Waals surface area contributed by atoms with Crippen LogP contribution in [0.1, 0.15) is 44.3 Å². The second-order valence-corrected chi connectivity index (χ2v) is 9.45. The summed E-state index contributed by atoms with van der Waals surface area (Å²) < 4.78 is 11.7. The van der Waals surface area contributed by atoms with Gasteiger partial charge < -0.3 is 35.0 Å². The van der Waals surface area contributed by atoms with Crippen molar-refractivity contribution in [1.82, 2.24) is 20.4 Å². The summed E-state index contributed by atoms with van der Waals surface area (Å²) in [6, 6.07) is 7.37. The van der Waals surface area contributed by atoms with Crippen LogP contribution in [0.2, 0.25) is 5.02 Å². The van der Waals surface area contributed by atoms with Crippen molar-refractivity contribution >= 4 is 23.7 Å². The number of urea groups is 1. The minimum atomic E-state index is -1.00. The van der Waals surface area contributed by atoms with Gasteiger partial charge in [0.2, 0.25) is 0 Å². The second-order valence-electron chi connectivity index (χ2n) is 9.01. The van der Waals surface area contributed by atoms with Gasteiger partial charge in [0.05, 0.1) is 12.7 Å². The monoisotopic (exact) mass is 512 g/mol. The maximum Gasteiger partial charge on any atom is 0.407 e. The van der Waals surface area contributed by atoms with E-state index in [4.69, 9.17) is 26.2 Å². The predicted molar refractivity (Wildman–Crippen MR) is 137 cm³/mol. The Kier molecular flexibility index (Phi) is 13.2. The molecule has 198 valence electrons. The fraction of sp³-hybridized carbons (Fsp3) is 0.680. The van der Waals surface area contributed by atoms with Gasteiger partial charge in [0.1, 0.15) is 0 Å². The summed E-state index contributed by atoms with van der Waals surface area (Å²) in [6.45, 7) is 5.79. The molecule has 1 aromatic rings. The van der Waals surface area contributed by atoms with Gasteiger partial charge in [-0.05, 0) is 63.3 Å². The molecule has 9 nitrogen and oxygen atoms in total. The molecule has 1 saturated heterocycles. The zero-order valence-corrected chi connectivity index (χ0v) is 21.9. The van der Waals surface area contributed by atoms with Crippen molar-refractivity contribution in [3.63, 3.8) is 0 Å². The summed E-state index contributed by atoms with van der Waals surface area (Å²) in [4.78, 5) is 27.1. The highest BCUT2D eigenvalue weighted by Crippen LogP contribution is 2.25. The van der Waals surface area contributed by atoms with E-state index in [0.29, 0.717) is 37.0 Å². The topological polar surface area (TPSA) is 103 Å². The Bertz CT molecular complexity index is 778. The molecule has 1 fully saturated rings. The zero-order valence-electron chi connectivity index (χ0n) is 21.2. The Hall–Kier alpha value is -2.07. The van der Waals surface area contributed by atoms with E-state index in [0.717, 1.165) is 38.0 Å². The molecule has 35 heavy (non-hydrogen) atoms. The molecule has 0 radical (unpaired) electrons. The van der Waals surface area contributed by atoms with Crippen molar-refractivity contribution in [3.8, 4) is 0 Å². The quantitative estimate of drug-likeness (QED) is 0.350.